The molecular weight excluding hydrogens is 276 g/mol. The molecule has 0 radical (unpaired) electrons. The van der Waals surface area contributed by atoms with Crippen LogP contribution in [0.1, 0.15) is 32.6 Å². The molecule has 1 unspecified atom stereocenters. The molecule has 1 saturated heterocycles. The van der Waals surface area contributed by atoms with E-state index in [0.717, 1.165) is 19.8 Å². The number of carbonyl (C=O) groups excluding carboxylic acids is 2. The zero-order chi connectivity index (χ0) is 15.6. The predicted octanol–water partition coefficient (Wildman–Crippen LogP) is -0.413. The first-order valence-electron chi connectivity index (χ1n) is 7.33. The number of hydrogen-bond acceptors (Lipinski definition) is 4. The van der Waals surface area contributed by atoms with Gasteiger partial charge in [-0.1, -0.05) is 0 Å². The van der Waals surface area contributed by atoms with Crippen molar-refractivity contribution < 1.29 is 24.6 Å². The first kappa shape index (κ1) is 15.8. The van der Waals surface area contributed by atoms with Gasteiger partial charge in [0.1, 0.15) is 0 Å². The smallest absolute Gasteiger partial charge is 0.337 e. The molecule has 2 rings (SSSR count). The maximum absolute atomic E-state index is 12.0. The van der Waals surface area contributed by atoms with Crippen molar-refractivity contribution in [3.63, 3.8) is 0 Å². The van der Waals surface area contributed by atoms with E-state index in [9.17, 15) is 19.5 Å². The van der Waals surface area contributed by atoms with E-state index in [2.05, 4.69) is 5.32 Å². The van der Waals surface area contributed by atoms with Crippen molar-refractivity contribution in [2.24, 2.45) is 11.8 Å². The number of carboxylic acid groups (broad SMARTS) is 1. The molecule has 0 aromatic heterocycles. The number of piperidine rings is 1. The lowest BCUT2D eigenvalue weighted by atomic mass is 9.95. The van der Waals surface area contributed by atoms with Crippen LogP contribution in [0.25, 0.3) is 0 Å². The minimum Gasteiger partial charge on any atom is -0.479 e. The van der Waals surface area contributed by atoms with Gasteiger partial charge in [0.25, 0.3) is 0 Å². The van der Waals surface area contributed by atoms with Gasteiger partial charge in [0, 0.05) is 24.9 Å². The molecule has 1 atom stereocenters. The summed E-state index contributed by atoms with van der Waals surface area (Å²) in [5.74, 6) is -1.45. The van der Waals surface area contributed by atoms with Crippen LogP contribution in [0, 0.1) is 11.8 Å². The van der Waals surface area contributed by atoms with Crippen LogP contribution >= 0.6 is 0 Å². The van der Waals surface area contributed by atoms with Crippen molar-refractivity contribution in [1.29, 1.82) is 0 Å². The average molecular weight is 298 g/mol. The second-order valence-corrected chi connectivity index (χ2v) is 6.17. The molecule has 0 spiro atoms. The topological polar surface area (TPSA) is 107 Å². The number of nitrogens with zero attached hydrogens (tertiary/aromatic N) is 1. The van der Waals surface area contributed by atoms with Gasteiger partial charge >= 0.3 is 5.97 Å². The minimum absolute atomic E-state index is 0.195. The number of carboxylic acids is 1. The molecule has 1 aliphatic carbocycles. The first-order chi connectivity index (χ1) is 9.81. The van der Waals surface area contributed by atoms with Crippen molar-refractivity contribution in [3.05, 3.63) is 0 Å². The molecule has 2 aliphatic rings. The fourth-order valence-corrected chi connectivity index (χ4v) is 2.43. The van der Waals surface area contributed by atoms with Crippen LogP contribution in [-0.4, -0.2) is 58.1 Å². The van der Waals surface area contributed by atoms with Gasteiger partial charge in [-0.15, -0.1) is 0 Å². The van der Waals surface area contributed by atoms with Crippen molar-refractivity contribution in [2.45, 2.75) is 38.2 Å². The van der Waals surface area contributed by atoms with E-state index in [1.54, 1.807) is 0 Å². The second kappa shape index (κ2) is 6.01. The standard InChI is InChI=1S/C14H22N2O5/c1-14(21,13(19)20)8-15-11(17)9-4-6-16(7-5-9)12(18)10-2-3-10/h9-10,21H,2-8H2,1H3,(H,15,17)(H,19,20). The Bertz CT molecular complexity index is 437. The molecule has 21 heavy (non-hydrogen) atoms. The van der Waals surface area contributed by atoms with Crippen LogP contribution in [0.4, 0.5) is 0 Å². The van der Waals surface area contributed by atoms with E-state index in [0.29, 0.717) is 25.9 Å². The van der Waals surface area contributed by atoms with Gasteiger partial charge in [0.2, 0.25) is 11.8 Å². The fraction of sp³-hybridized carbons (Fsp3) is 0.786. The van der Waals surface area contributed by atoms with E-state index < -0.39 is 11.6 Å². The van der Waals surface area contributed by atoms with Crippen molar-refractivity contribution in [3.8, 4) is 0 Å². The SMILES string of the molecule is CC(O)(CNC(=O)C1CCN(C(=O)C2CC2)CC1)C(=O)O. The van der Waals surface area contributed by atoms with Crippen LogP contribution in [0.2, 0.25) is 0 Å². The summed E-state index contributed by atoms with van der Waals surface area (Å²) in [6, 6.07) is 0. The lowest BCUT2D eigenvalue weighted by Crippen LogP contribution is -2.49. The summed E-state index contributed by atoms with van der Waals surface area (Å²) in [5.41, 5.74) is -1.96. The summed E-state index contributed by atoms with van der Waals surface area (Å²) >= 11 is 0. The summed E-state index contributed by atoms with van der Waals surface area (Å²) in [7, 11) is 0. The monoisotopic (exact) mass is 298 g/mol. The fourth-order valence-electron chi connectivity index (χ4n) is 2.43. The quantitative estimate of drug-likeness (QED) is 0.639. The van der Waals surface area contributed by atoms with E-state index in [1.165, 1.54) is 0 Å². The molecule has 2 fully saturated rings. The van der Waals surface area contributed by atoms with Gasteiger partial charge in [-0.05, 0) is 32.6 Å². The van der Waals surface area contributed by atoms with Crippen LogP contribution < -0.4 is 5.32 Å². The Labute approximate surface area is 123 Å². The Balaban J connectivity index is 1.75. The summed E-state index contributed by atoms with van der Waals surface area (Å²) in [6.45, 7) is 1.97. The van der Waals surface area contributed by atoms with Gasteiger partial charge in [-0.3, -0.25) is 9.59 Å². The molecule has 2 amide bonds. The van der Waals surface area contributed by atoms with Crippen LogP contribution in [0.3, 0.4) is 0 Å². The lowest BCUT2D eigenvalue weighted by molar-refractivity contribution is -0.156. The maximum Gasteiger partial charge on any atom is 0.337 e. The number of carbonyl (C=O) groups is 3. The average Bonchev–Trinajstić information content (AvgIpc) is 3.28. The Kier molecular flexibility index (Phi) is 4.51. The van der Waals surface area contributed by atoms with Gasteiger partial charge in [-0.25, -0.2) is 4.79 Å². The number of rotatable bonds is 5. The summed E-state index contributed by atoms with van der Waals surface area (Å²) < 4.78 is 0. The Morgan fingerprint density at radius 2 is 1.71 bits per heavy atom. The van der Waals surface area contributed by atoms with E-state index >= 15 is 0 Å². The zero-order valence-corrected chi connectivity index (χ0v) is 12.2. The number of aliphatic carboxylic acids is 1. The number of hydrogen-bond donors (Lipinski definition) is 3. The van der Waals surface area contributed by atoms with Crippen molar-refractivity contribution in [1.82, 2.24) is 10.2 Å². The molecule has 0 aromatic carbocycles. The highest BCUT2D eigenvalue weighted by molar-refractivity contribution is 5.83. The Morgan fingerprint density at radius 3 is 2.19 bits per heavy atom. The van der Waals surface area contributed by atoms with Gasteiger partial charge in [0.05, 0.1) is 6.54 Å². The van der Waals surface area contributed by atoms with E-state index in [-0.39, 0.29) is 30.2 Å². The number of likely N-dealkylation sites (tertiary alicyclic amines) is 1. The maximum atomic E-state index is 12.0. The third-order valence-electron chi connectivity index (χ3n) is 4.17. The number of aliphatic hydroxyl groups is 1. The van der Waals surface area contributed by atoms with Gasteiger partial charge < -0.3 is 20.4 Å². The highest BCUT2D eigenvalue weighted by atomic mass is 16.4. The van der Waals surface area contributed by atoms with Gasteiger partial charge in [0.15, 0.2) is 5.60 Å². The van der Waals surface area contributed by atoms with Crippen molar-refractivity contribution in [2.75, 3.05) is 19.6 Å². The molecule has 3 N–H and O–H groups in total. The molecule has 0 aromatic rings. The highest BCUT2D eigenvalue weighted by Gasteiger charge is 2.36. The highest BCUT2D eigenvalue weighted by Crippen LogP contribution is 2.32. The van der Waals surface area contributed by atoms with Crippen LogP contribution in [-0.2, 0) is 14.4 Å². The van der Waals surface area contributed by atoms with Crippen LogP contribution in [0.15, 0.2) is 0 Å². The molecule has 7 heteroatoms. The molecular formula is C14H22N2O5. The molecule has 1 heterocycles. The summed E-state index contributed by atoms with van der Waals surface area (Å²) in [5, 5.41) is 20.8. The molecule has 118 valence electrons. The minimum atomic E-state index is -1.96. The Morgan fingerprint density at radius 1 is 1.14 bits per heavy atom. The van der Waals surface area contributed by atoms with Crippen molar-refractivity contribution >= 4 is 17.8 Å². The first-order valence-corrected chi connectivity index (χ1v) is 7.33. The molecule has 7 nitrogen and oxygen atoms in total. The van der Waals surface area contributed by atoms with E-state index in [4.69, 9.17) is 5.11 Å². The summed E-state index contributed by atoms with van der Waals surface area (Å²) in [4.78, 5) is 36.4. The van der Waals surface area contributed by atoms with Gasteiger partial charge in [-0.2, -0.15) is 0 Å². The lowest BCUT2D eigenvalue weighted by Gasteiger charge is -2.32. The molecule has 0 bridgehead atoms. The van der Waals surface area contributed by atoms with Crippen LogP contribution in [0.5, 0.6) is 0 Å². The normalized spacial score (nSPS) is 22.5. The zero-order valence-electron chi connectivity index (χ0n) is 12.2. The summed E-state index contributed by atoms with van der Waals surface area (Å²) in [6.07, 6.45) is 3.12. The third-order valence-corrected chi connectivity index (χ3v) is 4.17. The predicted molar refractivity (Wildman–Crippen MR) is 73.3 cm³/mol. The molecule has 1 saturated carbocycles. The number of nitrogens with one attached hydrogen (secondary N) is 1. The Hall–Kier alpha value is -1.63. The third kappa shape index (κ3) is 3.93. The molecule has 1 aliphatic heterocycles. The second-order valence-electron chi connectivity index (χ2n) is 6.17. The largest absolute Gasteiger partial charge is 0.479 e. The number of amides is 2. The van der Waals surface area contributed by atoms with E-state index in [1.807, 2.05) is 4.90 Å².